The molecule has 108 valence electrons. The highest BCUT2D eigenvalue weighted by Crippen LogP contribution is 2.28. The third-order valence-electron chi connectivity index (χ3n) is 3.69. The quantitative estimate of drug-likeness (QED) is 0.935. The highest BCUT2D eigenvalue weighted by atomic mass is 16.4. The first-order chi connectivity index (χ1) is 10.2. The van der Waals surface area contributed by atoms with E-state index in [1.54, 1.807) is 36.7 Å². The molecule has 2 amide bonds. The predicted octanol–water partition coefficient (Wildman–Crippen LogP) is 2.14. The van der Waals surface area contributed by atoms with E-state index in [4.69, 9.17) is 10.2 Å². The molecular weight excluding hydrogens is 270 g/mol. The average molecular weight is 285 g/mol. The molecule has 0 aliphatic heterocycles. The zero-order chi connectivity index (χ0) is 14.8. The van der Waals surface area contributed by atoms with Crippen LogP contribution < -0.4 is 16.3 Å². The van der Waals surface area contributed by atoms with Crippen molar-refractivity contribution < 1.29 is 9.21 Å². The van der Waals surface area contributed by atoms with E-state index < -0.39 is 11.7 Å². The van der Waals surface area contributed by atoms with E-state index in [-0.39, 0.29) is 11.7 Å². The van der Waals surface area contributed by atoms with Gasteiger partial charge in [-0.05, 0) is 43.5 Å². The number of amides is 2. The molecule has 0 radical (unpaired) electrons. The summed E-state index contributed by atoms with van der Waals surface area (Å²) in [6.45, 7) is 0. The van der Waals surface area contributed by atoms with Crippen LogP contribution in [0.1, 0.15) is 19.3 Å². The highest BCUT2D eigenvalue weighted by molar-refractivity contribution is 5.91. The van der Waals surface area contributed by atoms with E-state index in [9.17, 15) is 9.59 Å². The average Bonchev–Trinajstić information content (AvgIpc) is 2.44. The van der Waals surface area contributed by atoms with Crippen LogP contribution in [0, 0.1) is 0 Å². The molecule has 0 spiro atoms. The number of aromatic nitrogens is 1. The van der Waals surface area contributed by atoms with Crippen molar-refractivity contribution in [2.45, 2.75) is 25.3 Å². The summed E-state index contributed by atoms with van der Waals surface area (Å²) >= 11 is 0. The number of rotatable bonds is 3. The molecule has 0 bridgehead atoms. The molecular formula is C15H15N3O3. The van der Waals surface area contributed by atoms with Gasteiger partial charge in [0.2, 0.25) is 0 Å². The molecule has 6 heteroatoms. The molecule has 1 aliphatic carbocycles. The van der Waals surface area contributed by atoms with Gasteiger partial charge in [0.15, 0.2) is 0 Å². The molecule has 0 atom stereocenters. The molecule has 2 aromatic heterocycles. The van der Waals surface area contributed by atoms with Gasteiger partial charge < -0.3 is 10.2 Å². The van der Waals surface area contributed by atoms with Crippen LogP contribution in [0.15, 0.2) is 45.9 Å². The van der Waals surface area contributed by atoms with E-state index in [2.05, 4.69) is 4.98 Å². The van der Waals surface area contributed by atoms with Crippen LogP contribution in [0.4, 0.5) is 10.5 Å². The summed E-state index contributed by atoms with van der Waals surface area (Å²) in [6, 6.07) is 6.16. The Morgan fingerprint density at radius 3 is 2.67 bits per heavy atom. The van der Waals surface area contributed by atoms with Gasteiger partial charge in [0.1, 0.15) is 11.4 Å². The summed E-state index contributed by atoms with van der Waals surface area (Å²) in [4.78, 5) is 29.1. The number of carbonyl (C=O) groups excluding carboxylic acids is 1. The Balaban J connectivity index is 1.97. The van der Waals surface area contributed by atoms with Gasteiger partial charge in [-0.2, -0.15) is 0 Å². The van der Waals surface area contributed by atoms with Gasteiger partial charge in [-0.15, -0.1) is 0 Å². The number of primary amides is 1. The molecule has 2 heterocycles. The fourth-order valence-electron chi connectivity index (χ4n) is 2.39. The number of carbonyl (C=O) groups is 1. The van der Waals surface area contributed by atoms with Crippen molar-refractivity contribution in [3.05, 3.63) is 47.1 Å². The second-order valence-corrected chi connectivity index (χ2v) is 5.01. The van der Waals surface area contributed by atoms with Crippen LogP contribution in [-0.4, -0.2) is 17.1 Å². The molecule has 0 saturated heterocycles. The van der Waals surface area contributed by atoms with Crippen molar-refractivity contribution in [3.63, 3.8) is 0 Å². The minimum Gasteiger partial charge on any atom is -0.421 e. The van der Waals surface area contributed by atoms with E-state index in [1.807, 2.05) is 0 Å². The lowest BCUT2D eigenvalue weighted by molar-refractivity contribution is 0.246. The maximum absolute atomic E-state index is 12.2. The topological polar surface area (TPSA) is 89.4 Å². The van der Waals surface area contributed by atoms with Crippen molar-refractivity contribution in [2.24, 2.45) is 5.73 Å². The number of urea groups is 1. The van der Waals surface area contributed by atoms with Crippen LogP contribution in [0.2, 0.25) is 0 Å². The zero-order valence-electron chi connectivity index (χ0n) is 11.4. The van der Waals surface area contributed by atoms with Gasteiger partial charge in [0.25, 0.3) is 0 Å². The number of nitrogens with two attached hydrogens (primary N) is 1. The molecule has 1 fully saturated rings. The summed E-state index contributed by atoms with van der Waals surface area (Å²) in [7, 11) is 0. The van der Waals surface area contributed by atoms with Crippen LogP contribution >= 0.6 is 0 Å². The predicted molar refractivity (Wildman–Crippen MR) is 77.9 cm³/mol. The Kier molecular flexibility index (Phi) is 3.43. The Hall–Kier alpha value is -2.63. The Morgan fingerprint density at radius 1 is 1.33 bits per heavy atom. The molecule has 3 rings (SSSR count). The van der Waals surface area contributed by atoms with E-state index in [1.165, 1.54) is 4.90 Å². The van der Waals surface area contributed by atoms with Crippen molar-refractivity contribution >= 4 is 11.7 Å². The Morgan fingerprint density at radius 2 is 2.14 bits per heavy atom. The van der Waals surface area contributed by atoms with Crippen molar-refractivity contribution in [1.82, 2.24) is 4.98 Å². The lowest BCUT2D eigenvalue weighted by Crippen LogP contribution is -2.48. The van der Waals surface area contributed by atoms with Crippen molar-refractivity contribution in [3.8, 4) is 11.3 Å². The maximum atomic E-state index is 12.2. The first-order valence-electron chi connectivity index (χ1n) is 6.80. The summed E-state index contributed by atoms with van der Waals surface area (Å²) in [6.07, 6.45) is 5.99. The highest BCUT2D eigenvalue weighted by Gasteiger charge is 2.30. The number of hydrogen-bond donors (Lipinski definition) is 1. The summed E-state index contributed by atoms with van der Waals surface area (Å²) in [5, 5.41) is 0. The zero-order valence-corrected chi connectivity index (χ0v) is 11.4. The van der Waals surface area contributed by atoms with Gasteiger partial charge in [0.05, 0.1) is 0 Å². The lowest BCUT2D eigenvalue weighted by Gasteiger charge is -2.35. The van der Waals surface area contributed by atoms with Crippen molar-refractivity contribution in [1.29, 1.82) is 0 Å². The fraction of sp³-hybridized carbons (Fsp3) is 0.267. The van der Waals surface area contributed by atoms with Crippen LogP contribution in [-0.2, 0) is 0 Å². The van der Waals surface area contributed by atoms with Crippen molar-refractivity contribution in [2.75, 3.05) is 4.90 Å². The molecule has 1 aliphatic rings. The molecule has 2 N–H and O–H groups in total. The first kappa shape index (κ1) is 13.4. The van der Waals surface area contributed by atoms with Crippen LogP contribution in [0.3, 0.4) is 0 Å². The SMILES string of the molecule is NC(=O)N(c1ccc(-c2cccnc2)oc1=O)C1CCC1. The Labute approximate surface area is 121 Å². The lowest BCUT2D eigenvalue weighted by atomic mass is 9.91. The minimum absolute atomic E-state index is 0.00496. The molecule has 2 aromatic rings. The first-order valence-corrected chi connectivity index (χ1v) is 6.80. The summed E-state index contributed by atoms with van der Waals surface area (Å²) in [5.41, 5.74) is 5.72. The maximum Gasteiger partial charge on any atom is 0.360 e. The standard InChI is InChI=1S/C15H15N3O3/c16-15(20)18(11-4-1-5-11)12-6-7-13(21-14(12)19)10-3-2-8-17-9-10/h2-3,6-9,11H,1,4-5H2,(H2,16,20). The van der Waals surface area contributed by atoms with Gasteiger partial charge in [-0.25, -0.2) is 9.59 Å². The van der Waals surface area contributed by atoms with E-state index in [0.717, 1.165) is 19.3 Å². The third kappa shape index (κ3) is 2.52. The van der Waals surface area contributed by atoms with E-state index >= 15 is 0 Å². The van der Waals surface area contributed by atoms with Crippen LogP contribution in [0.5, 0.6) is 0 Å². The molecule has 6 nitrogen and oxygen atoms in total. The largest absolute Gasteiger partial charge is 0.421 e. The minimum atomic E-state index is -0.624. The smallest absolute Gasteiger partial charge is 0.360 e. The van der Waals surface area contributed by atoms with Gasteiger partial charge in [0, 0.05) is 24.0 Å². The fourth-order valence-corrected chi connectivity index (χ4v) is 2.39. The number of anilines is 1. The van der Waals surface area contributed by atoms with Gasteiger partial charge in [-0.1, -0.05) is 0 Å². The van der Waals surface area contributed by atoms with Gasteiger partial charge >= 0.3 is 11.7 Å². The summed E-state index contributed by atoms with van der Waals surface area (Å²) < 4.78 is 5.30. The molecule has 1 saturated carbocycles. The monoisotopic (exact) mass is 285 g/mol. The van der Waals surface area contributed by atoms with E-state index in [0.29, 0.717) is 11.3 Å². The molecule has 0 aromatic carbocycles. The molecule has 21 heavy (non-hydrogen) atoms. The summed E-state index contributed by atoms with van der Waals surface area (Å²) in [5.74, 6) is 0.412. The normalized spacial score (nSPS) is 14.5. The third-order valence-corrected chi connectivity index (χ3v) is 3.69. The Bertz CT molecular complexity index is 708. The number of nitrogens with zero attached hydrogens (tertiary/aromatic N) is 2. The second kappa shape index (κ2) is 5.40. The number of pyridine rings is 1. The number of hydrogen-bond acceptors (Lipinski definition) is 4. The van der Waals surface area contributed by atoms with Crippen LogP contribution in [0.25, 0.3) is 11.3 Å². The van der Waals surface area contributed by atoms with Gasteiger partial charge in [-0.3, -0.25) is 9.88 Å². The second-order valence-electron chi connectivity index (χ2n) is 5.01. The molecule has 0 unspecified atom stereocenters.